The van der Waals surface area contributed by atoms with Crippen molar-refractivity contribution in [1.29, 1.82) is 0 Å². The predicted molar refractivity (Wildman–Crippen MR) is 210 cm³/mol. The molecule has 0 aromatic heterocycles. The lowest BCUT2D eigenvalue weighted by Crippen LogP contribution is -2.44. The third-order valence-electron chi connectivity index (χ3n) is 8.58. The summed E-state index contributed by atoms with van der Waals surface area (Å²) in [6.45, 7) is 7.49. The molecule has 288 valence electrons. The van der Waals surface area contributed by atoms with E-state index in [2.05, 4.69) is 29.1 Å². The third kappa shape index (κ3) is 14.6. The number of amides is 3. The Balaban J connectivity index is 1.31. The number of rotatable bonds is 22. The molecule has 0 radical (unpaired) electrons. The molecule has 0 saturated carbocycles. The Bertz CT molecular complexity index is 1800. The van der Waals surface area contributed by atoms with Gasteiger partial charge in [-0.2, -0.15) is 0 Å². The molecular weight excluding hydrogens is 698 g/mol. The van der Waals surface area contributed by atoms with Gasteiger partial charge in [0.25, 0.3) is 0 Å². The van der Waals surface area contributed by atoms with Crippen molar-refractivity contribution >= 4 is 23.9 Å². The largest absolute Gasteiger partial charge is 0.489 e. The first kappa shape index (κ1) is 41.6. The average molecular weight is 748 g/mol. The van der Waals surface area contributed by atoms with E-state index >= 15 is 0 Å². The van der Waals surface area contributed by atoms with Crippen molar-refractivity contribution < 1.29 is 38.5 Å². The van der Waals surface area contributed by atoms with Crippen LogP contribution in [0, 0.1) is 5.92 Å². The fourth-order valence-electron chi connectivity index (χ4n) is 5.65. The van der Waals surface area contributed by atoms with E-state index in [-0.39, 0.29) is 39.0 Å². The highest BCUT2D eigenvalue weighted by molar-refractivity contribution is 5.86. The highest BCUT2D eigenvalue weighted by Crippen LogP contribution is 2.20. The molecule has 0 aliphatic heterocycles. The first-order valence-electron chi connectivity index (χ1n) is 18.2. The van der Waals surface area contributed by atoms with Crippen molar-refractivity contribution in [2.75, 3.05) is 13.2 Å². The predicted octanol–water partition coefficient (Wildman–Crippen LogP) is 6.14. The molecule has 4 rings (SSSR count). The molecule has 0 heterocycles. The molecule has 0 bridgehead atoms. The van der Waals surface area contributed by atoms with Gasteiger partial charge in [0.05, 0.1) is 25.1 Å². The Morgan fingerprint density at radius 3 is 1.91 bits per heavy atom. The molecule has 0 saturated heterocycles. The topological polar surface area (TPSA) is 152 Å². The number of hydrogen-bond donors (Lipinski definition) is 4. The maximum atomic E-state index is 13.5. The van der Waals surface area contributed by atoms with Crippen LogP contribution in [-0.4, -0.2) is 54.2 Å². The summed E-state index contributed by atoms with van der Waals surface area (Å²) in [4.78, 5) is 52.5. The molecular formula is C44H49N3O8. The standard InChI is InChI=1S/C44H49N3O8/c1-3-14-36(27-41(49)46-37(29-48)26-32-22-24-38(25-23-32)53-30-33-16-8-5-9-17-33)42(50)45-28-40(35-20-12-7-13-21-35)55-43(51)39(15-4-2)47-44(52)54-31-34-18-10-6-11-19-34/h3-13,16-25,36-37,39-40,48H,1-2,14-15,26-31H2,(H,45,50)(H,46,49)(H,47,52). The summed E-state index contributed by atoms with van der Waals surface area (Å²) in [7, 11) is 0. The Morgan fingerprint density at radius 1 is 0.709 bits per heavy atom. The van der Waals surface area contributed by atoms with Crippen LogP contribution in [0.5, 0.6) is 5.75 Å². The number of carbonyl (C=O) groups is 4. The quantitative estimate of drug-likeness (QED) is 0.0553. The molecule has 11 heteroatoms. The monoisotopic (exact) mass is 747 g/mol. The second-order valence-corrected chi connectivity index (χ2v) is 12.9. The molecule has 0 fully saturated rings. The lowest BCUT2D eigenvalue weighted by atomic mass is 9.98. The first-order valence-corrected chi connectivity index (χ1v) is 18.2. The van der Waals surface area contributed by atoms with E-state index in [1.54, 1.807) is 36.4 Å². The highest BCUT2D eigenvalue weighted by Gasteiger charge is 2.28. The summed E-state index contributed by atoms with van der Waals surface area (Å²) < 4.78 is 17.0. The average Bonchev–Trinajstić information content (AvgIpc) is 3.21. The van der Waals surface area contributed by atoms with Crippen LogP contribution in [0.1, 0.15) is 47.6 Å². The van der Waals surface area contributed by atoms with Crippen molar-refractivity contribution in [3.05, 3.63) is 163 Å². The van der Waals surface area contributed by atoms with Crippen LogP contribution in [0.25, 0.3) is 0 Å². The van der Waals surface area contributed by atoms with E-state index < -0.39 is 48.0 Å². The minimum Gasteiger partial charge on any atom is -0.489 e. The van der Waals surface area contributed by atoms with Crippen LogP contribution in [0.2, 0.25) is 0 Å². The van der Waals surface area contributed by atoms with Crippen molar-refractivity contribution in [2.24, 2.45) is 5.92 Å². The van der Waals surface area contributed by atoms with Crippen LogP contribution in [0.15, 0.2) is 141 Å². The van der Waals surface area contributed by atoms with E-state index in [0.717, 1.165) is 16.7 Å². The van der Waals surface area contributed by atoms with Crippen molar-refractivity contribution in [3.63, 3.8) is 0 Å². The van der Waals surface area contributed by atoms with Gasteiger partial charge in [-0.25, -0.2) is 9.59 Å². The van der Waals surface area contributed by atoms with Crippen LogP contribution < -0.4 is 20.7 Å². The van der Waals surface area contributed by atoms with Crippen LogP contribution in [0.4, 0.5) is 4.79 Å². The summed E-state index contributed by atoms with van der Waals surface area (Å²) in [5.74, 6) is -1.67. The van der Waals surface area contributed by atoms with Gasteiger partial charge in [0.1, 0.15) is 31.1 Å². The molecule has 4 aromatic carbocycles. The second kappa shape index (κ2) is 22.8. The third-order valence-corrected chi connectivity index (χ3v) is 8.58. The molecule has 0 aliphatic rings. The van der Waals surface area contributed by atoms with Gasteiger partial charge in [-0.15, -0.1) is 13.2 Å². The van der Waals surface area contributed by atoms with Crippen molar-refractivity contribution in [1.82, 2.24) is 16.0 Å². The number of ether oxygens (including phenoxy) is 3. The lowest BCUT2D eigenvalue weighted by Gasteiger charge is -2.24. The smallest absolute Gasteiger partial charge is 0.408 e. The summed E-state index contributed by atoms with van der Waals surface area (Å²) in [6.07, 6.45) is 1.82. The van der Waals surface area contributed by atoms with E-state index in [9.17, 15) is 24.3 Å². The summed E-state index contributed by atoms with van der Waals surface area (Å²) in [6, 6.07) is 33.6. The van der Waals surface area contributed by atoms with E-state index in [0.29, 0.717) is 24.3 Å². The molecule has 4 atom stereocenters. The molecule has 11 nitrogen and oxygen atoms in total. The molecule has 4 N–H and O–H groups in total. The van der Waals surface area contributed by atoms with E-state index in [1.165, 1.54) is 6.08 Å². The lowest BCUT2D eigenvalue weighted by molar-refractivity contribution is -0.152. The molecule has 4 unspecified atom stereocenters. The van der Waals surface area contributed by atoms with Crippen molar-refractivity contribution in [3.8, 4) is 5.75 Å². The number of esters is 1. The number of benzene rings is 4. The number of carbonyl (C=O) groups excluding carboxylic acids is 4. The zero-order chi connectivity index (χ0) is 39.3. The fourth-order valence-corrected chi connectivity index (χ4v) is 5.65. The number of nitrogens with one attached hydrogen (secondary N) is 3. The van der Waals surface area contributed by atoms with Gasteiger partial charge < -0.3 is 35.3 Å². The zero-order valence-corrected chi connectivity index (χ0v) is 30.8. The molecule has 4 aromatic rings. The van der Waals surface area contributed by atoms with E-state index in [1.807, 2.05) is 84.9 Å². The zero-order valence-electron chi connectivity index (χ0n) is 30.8. The van der Waals surface area contributed by atoms with Gasteiger partial charge >= 0.3 is 12.1 Å². The van der Waals surface area contributed by atoms with Gasteiger partial charge in [0, 0.05) is 6.42 Å². The maximum absolute atomic E-state index is 13.5. The maximum Gasteiger partial charge on any atom is 0.408 e. The minimum absolute atomic E-state index is 0.0191. The van der Waals surface area contributed by atoms with Crippen LogP contribution in [-0.2, 0) is 43.5 Å². The van der Waals surface area contributed by atoms with Gasteiger partial charge in [0.2, 0.25) is 11.8 Å². The van der Waals surface area contributed by atoms with Gasteiger partial charge in [-0.1, -0.05) is 115 Å². The van der Waals surface area contributed by atoms with Gasteiger partial charge in [-0.05, 0) is 53.6 Å². The van der Waals surface area contributed by atoms with Crippen molar-refractivity contribution in [2.45, 2.75) is 57.1 Å². The Morgan fingerprint density at radius 2 is 1.31 bits per heavy atom. The summed E-state index contributed by atoms with van der Waals surface area (Å²) >= 11 is 0. The van der Waals surface area contributed by atoms with Gasteiger partial charge in [-0.3, -0.25) is 9.59 Å². The second-order valence-electron chi connectivity index (χ2n) is 12.9. The normalized spacial score (nSPS) is 12.8. The highest BCUT2D eigenvalue weighted by atomic mass is 16.6. The number of aliphatic hydroxyl groups is 1. The number of aliphatic hydroxyl groups excluding tert-OH is 1. The molecule has 3 amide bonds. The Labute approximate surface area is 322 Å². The minimum atomic E-state index is -1.09. The first-order chi connectivity index (χ1) is 26.8. The summed E-state index contributed by atoms with van der Waals surface area (Å²) in [5.41, 5.74) is 3.34. The van der Waals surface area contributed by atoms with Crippen LogP contribution >= 0.6 is 0 Å². The summed E-state index contributed by atoms with van der Waals surface area (Å²) in [5, 5.41) is 18.3. The van der Waals surface area contributed by atoms with Gasteiger partial charge in [0.15, 0.2) is 0 Å². The van der Waals surface area contributed by atoms with Crippen LogP contribution in [0.3, 0.4) is 0 Å². The SMILES string of the molecule is C=CCC(CC(=O)NC(CO)Cc1ccc(OCc2ccccc2)cc1)C(=O)NCC(OC(=O)C(CC=C)NC(=O)OCc1ccccc1)c1ccccc1. The molecule has 0 aliphatic carbocycles. The Hall–Kier alpha value is -6.20. The molecule has 0 spiro atoms. The van der Waals surface area contributed by atoms with E-state index in [4.69, 9.17) is 14.2 Å². The Kier molecular flexibility index (Phi) is 17.2. The molecule has 55 heavy (non-hydrogen) atoms. The fraction of sp³-hybridized carbons (Fsp3) is 0.273. The number of alkyl carbamates (subject to hydrolysis) is 1. The number of allylic oxidation sites excluding steroid dienone is 1. The number of hydrogen-bond acceptors (Lipinski definition) is 8.